The Balaban J connectivity index is 1.64. The third-order valence-corrected chi connectivity index (χ3v) is 5.27. The van der Waals surface area contributed by atoms with Crippen LogP contribution < -0.4 is 20.1 Å². The molecule has 32 heavy (non-hydrogen) atoms. The molecule has 0 saturated heterocycles. The molecule has 0 atom stereocenters. The number of nitrogens with zero attached hydrogens (tertiary/aromatic N) is 1. The van der Waals surface area contributed by atoms with E-state index in [4.69, 9.17) is 9.47 Å². The van der Waals surface area contributed by atoms with Crippen LogP contribution in [0.3, 0.4) is 0 Å². The number of carbonyl (C=O) groups is 2. The molecule has 2 aromatic carbocycles. The number of aryl methyl sites for hydroxylation is 2. The van der Waals surface area contributed by atoms with Gasteiger partial charge in [0.25, 0.3) is 5.91 Å². The zero-order chi connectivity index (χ0) is 23.1. The Kier molecular flexibility index (Phi) is 7.65. The third-order valence-electron chi connectivity index (χ3n) is 5.27. The summed E-state index contributed by atoms with van der Waals surface area (Å²) < 4.78 is 10.9. The predicted molar refractivity (Wildman–Crippen MR) is 124 cm³/mol. The van der Waals surface area contributed by atoms with Crippen molar-refractivity contribution >= 4 is 22.7 Å². The van der Waals surface area contributed by atoms with Crippen LogP contribution in [0.25, 0.3) is 10.9 Å². The van der Waals surface area contributed by atoms with Crippen molar-refractivity contribution in [2.24, 2.45) is 0 Å². The fourth-order valence-electron chi connectivity index (χ4n) is 3.59. The van der Waals surface area contributed by atoms with E-state index in [2.05, 4.69) is 15.6 Å². The average Bonchev–Trinajstić information content (AvgIpc) is 2.79. The lowest BCUT2D eigenvalue weighted by Gasteiger charge is -2.14. The Hall–Kier alpha value is -3.61. The third kappa shape index (κ3) is 5.55. The Morgan fingerprint density at radius 3 is 2.53 bits per heavy atom. The molecular weight excluding hydrogens is 406 g/mol. The molecule has 7 nitrogen and oxygen atoms in total. The van der Waals surface area contributed by atoms with Gasteiger partial charge in [-0.3, -0.25) is 14.6 Å². The first-order valence-electron chi connectivity index (χ1n) is 10.6. The number of methoxy groups -OCH3 is 1. The molecule has 0 bridgehead atoms. The highest BCUT2D eigenvalue weighted by Crippen LogP contribution is 2.28. The van der Waals surface area contributed by atoms with Gasteiger partial charge in [0, 0.05) is 24.2 Å². The molecule has 1 aromatic heterocycles. The minimum absolute atomic E-state index is 0.0798. The number of pyridine rings is 1. The number of para-hydroxylation sites is 1. The molecule has 2 amide bonds. The number of nitrogens with one attached hydrogen (secondary N) is 2. The van der Waals surface area contributed by atoms with Crippen LogP contribution in [0.1, 0.15) is 29.3 Å². The topological polar surface area (TPSA) is 89.6 Å². The van der Waals surface area contributed by atoms with Gasteiger partial charge in [-0.25, -0.2) is 0 Å². The number of likely N-dealkylation sites (N-methyl/N-ethyl adjacent to an activating group) is 1. The normalized spacial score (nSPS) is 10.6. The fourth-order valence-corrected chi connectivity index (χ4v) is 3.59. The summed E-state index contributed by atoms with van der Waals surface area (Å²) in [5.74, 6) is 0.706. The molecule has 0 radical (unpaired) electrons. The first-order valence-corrected chi connectivity index (χ1v) is 10.6. The van der Waals surface area contributed by atoms with Crippen molar-refractivity contribution in [3.8, 4) is 11.5 Å². The second-order valence-corrected chi connectivity index (χ2v) is 7.50. The highest BCUT2D eigenvalue weighted by Gasteiger charge is 2.14. The van der Waals surface area contributed by atoms with E-state index < -0.39 is 0 Å². The number of rotatable bonds is 9. The largest absolute Gasteiger partial charge is 0.493 e. The number of ether oxygens (including phenoxy) is 2. The lowest BCUT2D eigenvalue weighted by Crippen LogP contribution is -2.28. The van der Waals surface area contributed by atoms with E-state index in [1.54, 1.807) is 12.1 Å². The van der Waals surface area contributed by atoms with E-state index in [-0.39, 0.29) is 24.8 Å². The second kappa shape index (κ2) is 10.6. The van der Waals surface area contributed by atoms with E-state index in [0.29, 0.717) is 24.6 Å². The van der Waals surface area contributed by atoms with Crippen molar-refractivity contribution in [3.05, 3.63) is 64.8 Å². The van der Waals surface area contributed by atoms with Gasteiger partial charge in [-0.15, -0.1) is 0 Å². The van der Waals surface area contributed by atoms with Crippen LogP contribution in [-0.4, -0.2) is 37.1 Å². The van der Waals surface area contributed by atoms with Crippen LogP contribution in [0, 0.1) is 13.8 Å². The summed E-state index contributed by atoms with van der Waals surface area (Å²) in [6.07, 6.45) is 0.264. The Bertz CT molecular complexity index is 1130. The molecular formula is C25H29N3O4. The van der Waals surface area contributed by atoms with Gasteiger partial charge in [-0.2, -0.15) is 0 Å². The maximum absolute atomic E-state index is 12.6. The van der Waals surface area contributed by atoms with Crippen molar-refractivity contribution in [3.63, 3.8) is 0 Å². The van der Waals surface area contributed by atoms with Crippen molar-refractivity contribution in [2.45, 2.75) is 33.7 Å². The Morgan fingerprint density at radius 1 is 1.00 bits per heavy atom. The predicted octanol–water partition coefficient (Wildman–Crippen LogP) is 3.23. The zero-order valence-corrected chi connectivity index (χ0v) is 19.0. The maximum Gasteiger partial charge on any atom is 0.257 e. The molecule has 0 fully saturated rings. The van der Waals surface area contributed by atoms with E-state index >= 15 is 0 Å². The van der Waals surface area contributed by atoms with Gasteiger partial charge in [-0.1, -0.05) is 24.3 Å². The molecule has 3 aromatic rings. The highest BCUT2D eigenvalue weighted by molar-refractivity contribution is 5.86. The first-order chi connectivity index (χ1) is 15.4. The number of hydrogen-bond acceptors (Lipinski definition) is 5. The highest BCUT2D eigenvalue weighted by atomic mass is 16.5. The van der Waals surface area contributed by atoms with Crippen molar-refractivity contribution in [1.29, 1.82) is 0 Å². The molecule has 7 heteroatoms. The molecule has 168 valence electrons. The summed E-state index contributed by atoms with van der Waals surface area (Å²) in [5.41, 5.74) is 4.71. The molecule has 1 heterocycles. The van der Waals surface area contributed by atoms with Crippen LogP contribution in [-0.2, 0) is 22.6 Å². The van der Waals surface area contributed by atoms with Crippen LogP contribution in [0.2, 0.25) is 0 Å². The molecule has 0 unspecified atom stereocenters. The lowest BCUT2D eigenvalue weighted by atomic mass is 9.99. The number of fused-ring (bicyclic) bond motifs is 1. The standard InChI is InChI=1S/C25H29N3O4/c1-5-26-25(30)15-32-22-11-10-18(12-23(22)31-4)14-27-24(29)13-20-16(2)19-8-6-7-9-21(19)28-17(20)3/h6-12H,5,13-15H2,1-4H3,(H,26,30)(H,27,29). The maximum atomic E-state index is 12.6. The van der Waals surface area contributed by atoms with Crippen LogP contribution in [0.5, 0.6) is 11.5 Å². The molecule has 2 N–H and O–H groups in total. The molecule has 3 rings (SSSR count). The van der Waals surface area contributed by atoms with Gasteiger partial charge < -0.3 is 20.1 Å². The van der Waals surface area contributed by atoms with E-state index in [0.717, 1.165) is 33.3 Å². The summed E-state index contributed by atoms with van der Waals surface area (Å²) in [5, 5.41) is 6.70. The van der Waals surface area contributed by atoms with Gasteiger partial charge in [0.2, 0.25) is 5.91 Å². The smallest absolute Gasteiger partial charge is 0.257 e. The number of aromatic nitrogens is 1. The quantitative estimate of drug-likeness (QED) is 0.539. The minimum Gasteiger partial charge on any atom is -0.493 e. The zero-order valence-electron chi connectivity index (χ0n) is 19.0. The molecule has 0 aliphatic rings. The van der Waals surface area contributed by atoms with Crippen LogP contribution in [0.4, 0.5) is 0 Å². The van der Waals surface area contributed by atoms with Gasteiger partial charge in [0.1, 0.15) is 0 Å². The molecule has 0 spiro atoms. The monoisotopic (exact) mass is 435 g/mol. The van der Waals surface area contributed by atoms with E-state index in [1.165, 1.54) is 7.11 Å². The molecule has 0 saturated carbocycles. The van der Waals surface area contributed by atoms with E-state index in [1.807, 2.05) is 51.1 Å². The number of amides is 2. The molecule has 0 aliphatic carbocycles. The van der Waals surface area contributed by atoms with Crippen molar-refractivity contribution in [1.82, 2.24) is 15.6 Å². The van der Waals surface area contributed by atoms with Gasteiger partial charge in [0.05, 0.1) is 19.0 Å². The summed E-state index contributed by atoms with van der Waals surface area (Å²) in [6, 6.07) is 13.3. The fraction of sp³-hybridized carbons (Fsp3) is 0.320. The van der Waals surface area contributed by atoms with Gasteiger partial charge in [0.15, 0.2) is 18.1 Å². The Morgan fingerprint density at radius 2 is 1.78 bits per heavy atom. The van der Waals surface area contributed by atoms with Gasteiger partial charge >= 0.3 is 0 Å². The lowest BCUT2D eigenvalue weighted by molar-refractivity contribution is -0.123. The summed E-state index contributed by atoms with van der Waals surface area (Å²) in [4.78, 5) is 28.9. The van der Waals surface area contributed by atoms with Crippen LogP contribution >= 0.6 is 0 Å². The minimum atomic E-state index is -0.195. The van der Waals surface area contributed by atoms with Crippen LogP contribution in [0.15, 0.2) is 42.5 Å². The Labute approximate surface area is 188 Å². The number of carbonyl (C=O) groups excluding carboxylic acids is 2. The number of benzene rings is 2. The molecule has 0 aliphatic heterocycles. The second-order valence-electron chi connectivity index (χ2n) is 7.50. The SMILES string of the molecule is CCNC(=O)COc1ccc(CNC(=O)Cc2c(C)nc3ccccc3c2C)cc1OC. The average molecular weight is 436 g/mol. The van der Waals surface area contributed by atoms with Crippen molar-refractivity contribution < 1.29 is 19.1 Å². The van der Waals surface area contributed by atoms with Crippen molar-refractivity contribution in [2.75, 3.05) is 20.3 Å². The summed E-state index contributed by atoms with van der Waals surface area (Å²) in [6.45, 7) is 6.63. The summed E-state index contributed by atoms with van der Waals surface area (Å²) in [7, 11) is 1.54. The number of hydrogen-bond donors (Lipinski definition) is 2. The van der Waals surface area contributed by atoms with Gasteiger partial charge in [-0.05, 0) is 55.7 Å². The first kappa shape index (κ1) is 23.1. The summed E-state index contributed by atoms with van der Waals surface area (Å²) >= 11 is 0. The van der Waals surface area contributed by atoms with E-state index in [9.17, 15) is 9.59 Å².